The summed E-state index contributed by atoms with van der Waals surface area (Å²) < 4.78 is 37.2. The van der Waals surface area contributed by atoms with E-state index in [1.54, 1.807) is 12.1 Å². The van der Waals surface area contributed by atoms with Gasteiger partial charge < -0.3 is 5.73 Å². The van der Waals surface area contributed by atoms with Gasteiger partial charge in [-0.15, -0.1) is 0 Å². The first-order valence-electron chi connectivity index (χ1n) is 4.20. The number of pyridine rings is 1. The number of halogens is 3. The van der Waals surface area contributed by atoms with Gasteiger partial charge in [-0.3, -0.25) is 4.98 Å². The van der Waals surface area contributed by atoms with E-state index in [1.165, 1.54) is 6.20 Å². The molecule has 0 unspecified atom stereocenters. The van der Waals surface area contributed by atoms with Gasteiger partial charge in [0.1, 0.15) is 0 Å². The van der Waals surface area contributed by atoms with Crippen molar-refractivity contribution in [2.75, 3.05) is 5.73 Å². The van der Waals surface area contributed by atoms with Crippen LogP contribution in [0.3, 0.4) is 0 Å². The first-order valence-corrected chi connectivity index (χ1v) is 4.20. The Kier molecular flexibility index (Phi) is 2.03. The molecule has 15 heavy (non-hydrogen) atoms. The zero-order valence-corrected chi connectivity index (χ0v) is 7.55. The van der Waals surface area contributed by atoms with Crippen molar-refractivity contribution < 1.29 is 13.2 Å². The van der Waals surface area contributed by atoms with Crippen molar-refractivity contribution in [2.24, 2.45) is 0 Å². The van der Waals surface area contributed by atoms with Gasteiger partial charge in [0.15, 0.2) is 0 Å². The molecule has 2 rings (SSSR count). The highest BCUT2D eigenvalue weighted by molar-refractivity contribution is 5.90. The number of fused-ring (bicyclic) bond motifs is 1. The molecule has 1 heterocycles. The van der Waals surface area contributed by atoms with Gasteiger partial charge in [0.2, 0.25) is 0 Å². The Morgan fingerprint density at radius 3 is 2.60 bits per heavy atom. The van der Waals surface area contributed by atoms with E-state index in [9.17, 15) is 13.2 Å². The number of alkyl halides is 3. The van der Waals surface area contributed by atoms with Crippen LogP contribution in [0.1, 0.15) is 5.56 Å². The summed E-state index contributed by atoms with van der Waals surface area (Å²) in [5.74, 6) is 0. The van der Waals surface area contributed by atoms with Crippen LogP contribution in [-0.4, -0.2) is 4.98 Å². The average Bonchev–Trinajstić information content (AvgIpc) is 2.16. The van der Waals surface area contributed by atoms with E-state index in [0.29, 0.717) is 5.39 Å². The average molecular weight is 212 g/mol. The first-order chi connectivity index (χ1) is 6.98. The number of nitrogens with zero attached hydrogens (tertiary/aromatic N) is 1. The molecule has 2 aromatic rings. The second-order valence-corrected chi connectivity index (χ2v) is 3.13. The zero-order chi connectivity index (χ0) is 11.1. The largest absolute Gasteiger partial charge is 0.416 e. The van der Waals surface area contributed by atoms with Crippen LogP contribution in [-0.2, 0) is 6.18 Å². The van der Waals surface area contributed by atoms with Crippen LogP contribution in [0, 0.1) is 0 Å². The third kappa shape index (κ3) is 1.72. The van der Waals surface area contributed by atoms with Gasteiger partial charge >= 0.3 is 6.18 Å². The third-order valence-electron chi connectivity index (χ3n) is 2.08. The van der Waals surface area contributed by atoms with E-state index in [0.717, 1.165) is 12.1 Å². The molecule has 0 saturated heterocycles. The van der Waals surface area contributed by atoms with Gasteiger partial charge in [0.05, 0.1) is 11.1 Å². The minimum absolute atomic E-state index is 0.0907. The standard InChI is InChI=1S/C10H7F3N2/c11-10(12,13)6-4-8(14)7-2-1-3-15-9(7)5-6/h1-5H,14H2. The molecule has 0 radical (unpaired) electrons. The van der Waals surface area contributed by atoms with Crippen molar-refractivity contribution >= 4 is 16.6 Å². The Labute approximate surface area is 83.5 Å². The topological polar surface area (TPSA) is 38.9 Å². The predicted molar refractivity (Wildman–Crippen MR) is 51.2 cm³/mol. The van der Waals surface area contributed by atoms with E-state index >= 15 is 0 Å². The summed E-state index contributed by atoms with van der Waals surface area (Å²) in [4.78, 5) is 3.84. The molecule has 0 aliphatic rings. The van der Waals surface area contributed by atoms with Crippen molar-refractivity contribution in [2.45, 2.75) is 6.18 Å². The Hall–Kier alpha value is -1.78. The van der Waals surface area contributed by atoms with Crippen LogP contribution in [0.5, 0.6) is 0 Å². The monoisotopic (exact) mass is 212 g/mol. The van der Waals surface area contributed by atoms with E-state index in [-0.39, 0.29) is 11.2 Å². The van der Waals surface area contributed by atoms with Crippen molar-refractivity contribution in [3.05, 3.63) is 36.0 Å². The molecule has 1 aromatic carbocycles. The van der Waals surface area contributed by atoms with Gasteiger partial charge in [-0.25, -0.2) is 0 Å². The lowest BCUT2D eigenvalue weighted by Gasteiger charge is -2.09. The Morgan fingerprint density at radius 1 is 1.20 bits per heavy atom. The number of aromatic nitrogens is 1. The molecule has 5 heteroatoms. The molecule has 2 N–H and O–H groups in total. The maximum Gasteiger partial charge on any atom is 0.416 e. The summed E-state index contributed by atoms with van der Waals surface area (Å²) in [6, 6.07) is 5.18. The molecule has 0 saturated carbocycles. The van der Waals surface area contributed by atoms with Gasteiger partial charge in [-0.2, -0.15) is 13.2 Å². The van der Waals surface area contributed by atoms with E-state index in [2.05, 4.69) is 4.98 Å². The zero-order valence-electron chi connectivity index (χ0n) is 7.55. The van der Waals surface area contributed by atoms with E-state index in [1.807, 2.05) is 0 Å². The SMILES string of the molecule is Nc1cc(C(F)(F)F)cc2ncccc12. The number of benzene rings is 1. The molecule has 0 fully saturated rings. The summed E-state index contributed by atoms with van der Waals surface area (Å²) in [6.07, 6.45) is -2.96. The molecular formula is C10H7F3N2. The minimum Gasteiger partial charge on any atom is -0.398 e. The first kappa shape index (κ1) is 9.76. The maximum absolute atomic E-state index is 12.4. The van der Waals surface area contributed by atoms with Crippen LogP contribution in [0.2, 0.25) is 0 Å². The Bertz CT molecular complexity index is 505. The van der Waals surface area contributed by atoms with Crippen molar-refractivity contribution in [3.8, 4) is 0 Å². The lowest BCUT2D eigenvalue weighted by molar-refractivity contribution is -0.137. The third-order valence-corrected chi connectivity index (χ3v) is 2.08. The number of rotatable bonds is 0. The predicted octanol–water partition coefficient (Wildman–Crippen LogP) is 2.84. The lowest BCUT2D eigenvalue weighted by atomic mass is 10.1. The van der Waals surface area contributed by atoms with Crippen molar-refractivity contribution in [3.63, 3.8) is 0 Å². The fourth-order valence-electron chi connectivity index (χ4n) is 1.37. The second-order valence-electron chi connectivity index (χ2n) is 3.13. The fourth-order valence-corrected chi connectivity index (χ4v) is 1.37. The molecule has 78 valence electrons. The lowest BCUT2D eigenvalue weighted by Crippen LogP contribution is -2.06. The van der Waals surface area contributed by atoms with Gasteiger partial charge in [0, 0.05) is 17.3 Å². The van der Waals surface area contributed by atoms with Crippen molar-refractivity contribution in [1.29, 1.82) is 0 Å². The molecule has 0 spiro atoms. The number of hydrogen-bond donors (Lipinski definition) is 1. The van der Waals surface area contributed by atoms with Crippen LogP contribution in [0.15, 0.2) is 30.5 Å². The Balaban J connectivity index is 2.73. The minimum atomic E-state index is -4.39. The summed E-state index contributed by atoms with van der Waals surface area (Å²) in [7, 11) is 0. The normalized spacial score (nSPS) is 11.9. The highest BCUT2D eigenvalue weighted by Crippen LogP contribution is 2.33. The number of anilines is 1. The molecular weight excluding hydrogens is 205 g/mol. The van der Waals surface area contributed by atoms with Gasteiger partial charge in [-0.1, -0.05) is 0 Å². The molecule has 0 aliphatic heterocycles. The van der Waals surface area contributed by atoms with Crippen LogP contribution in [0.25, 0.3) is 10.9 Å². The van der Waals surface area contributed by atoms with E-state index < -0.39 is 11.7 Å². The Morgan fingerprint density at radius 2 is 1.93 bits per heavy atom. The number of hydrogen-bond acceptors (Lipinski definition) is 2. The van der Waals surface area contributed by atoms with Crippen molar-refractivity contribution in [1.82, 2.24) is 4.98 Å². The molecule has 2 nitrogen and oxygen atoms in total. The smallest absolute Gasteiger partial charge is 0.398 e. The summed E-state index contributed by atoms with van der Waals surface area (Å²) in [5, 5.41) is 0.533. The molecule has 0 amide bonds. The highest BCUT2D eigenvalue weighted by atomic mass is 19.4. The molecule has 0 bridgehead atoms. The summed E-state index contributed by atoms with van der Waals surface area (Å²) in [5.41, 5.74) is 5.09. The number of nitrogen functional groups attached to an aromatic ring is 1. The summed E-state index contributed by atoms with van der Waals surface area (Å²) >= 11 is 0. The molecule has 0 aliphatic carbocycles. The van der Waals surface area contributed by atoms with Gasteiger partial charge in [-0.05, 0) is 24.3 Å². The van der Waals surface area contributed by atoms with E-state index in [4.69, 9.17) is 5.73 Å². The highest BCUT2D eigenvalue weighted by Gasteiger charge is 2.31. The second kappa shape index (κ2) is 3.12. The van der Waals surface area contributed by atoms with Crippen LogP contribution >= 0.6 is 0 Å². The molecule has 0 atom stereocenters. The van der Waals surface area contributed by atoms with Gasteiger partial charge in [0.25, 0.3) is 0 Å². The maximum atomic E-state index is 12.4. The van der Waals surface area contributed by atoms with Crippen LogP contribution < -0.4 is 5.73 Å². The number of nitrogens with two attached hydrogens (primary N) is 1. The molecule has 1 aromatic heterocycles. The summed E-state index contributed by atoms with van der Waals surface area (Å²) in [6.45, 7) is 0. The van der Waals surface area contributed by atoms with Crippen LogP contribution in [0.4, 0.5) is 18.9 Å². The fraction of sp³-hybridized carbons (Fsp3) is 0.100. The quantitative estimate of drug-likeness (QED) is 0.682.